The Hall–Kier alpha value is -2.75. The molecule has 0 atom stereocenters. The number of benzene rings is 2. The molecule has 1 N–H and O–H groups in total. The number of hydrogen-bond donors (Lipinski definition) is 1. The quantitative estimate of drug-likeness (QED) is 0.791. The van der Waals surface area contributed by atoms with Crippen molar-refractivity contribution in [2.75, 3.05) is 11.9 Å². The summed E-state index contributed by atoms with van der Waals surface area (Å²) in [4.78, 5) is 13.1. The minimum Gasteiger partial charge on any atom is -0.475 e. The number of para-hydroxylation sites is 1. The first-order valence-electron chi connectivity index (χ1n) is 6.65. The molecule has 3 aromatic rings. The third kappa shape index (κ3) is 2.74. The van der Waals surface area contributed by atoms with Crippen LogP contribution in [0, 0.1) is 0 Å². The van der Waals surface area contributed by atoms with Gasteiger partial charge in [0, 0.05) is 24.7 Å². The highest BCUT2D eigenvalue weighted by atomic mass is 16.4. The highest BCUT2D eigenvalue weighted by Gasteiger charge is 2.11. The summed E-state index contributed by atoms with van der Waals surface area (Å²) in [6, 6.07) is 17.4. The van der Waals surface area contributed by atoms with Crippen LogP contribution < -0.4 is 4.90 Å². The van der Waals surface area contributed by atoms with Crippen LogP contribution in [-0.2, 0) is 6.54 Å². The van der Waals surface area contributed by atoms with Crippen LogP contribution in [0.5, 0.6) is 0 Å². The van der Waals surface area contributed by atoms with Gasteiger partial charge in [-0.3, -0.25) is 0 Å². The van der Waals surface area contributed by atoms with Crippen molar-refractivity contribution < 1.29 is 14.3 Å². The number of hydrogen-bond acceptors (Lipinski definition) is 3. The van der Waals surface area contributed by atoms with Crippen molar-refractivity contribution in [3.63, 3.8) is 0 Å². The minimum atomic E-state index is -1.05. The summed E-state index contributed by atoms with van der Waals surface area (Å²) in [5.41, 5.74) is 2.83. The lowest BCUT2D eigenvalue weighted by atomic mass is 10.1. The van der Waals surface area contributed by atoms with E-state index in [1.807, 2.05) is 43.4 Å². The predicted molar refractivity (Wildman–Crippen MR) is 81.7 cm³/mol. The Morgan fingerprint density at radius 1 is 1.14 bits per heavy atom. The zero-order chi connectivity index (χ0) is 14.8. The van der Waals surface area contributed by atoms with Crippen LogP contribution in [0.2, 0.25) is 0 Å². The van der Waals surface area contributed by atoms with Crippen LogP contribution in [0.3, 0.4) is 0 Å². The first kappa shape index (κ1) is 13.2. The van der Waals surface area contributed by atoms with E-state index < -0.39 is 5.97 Å². The molecule has 0 unspecified atom stereocenters. The lowest BCUT2D eigenvalue weighted by Crippen LogP contribution is -2.15. The maximum absolute atomic E-state index is 10.9. The van der Waals surface area contributed by atoms with Crippen molar-refractivity contribution in [1.82, 2.24) is 0 Å². The molecule has 0 spiro atoms. The van der Waals surface area contributed by atoms with Crippen LogP contribution in [0.4, 0.5) is 5.69 Å². The maximum Gasteiger partial charge on any atom is 0.371 e. The highest BCUT2D eigenvalue weighted by Crippen LogP contribution is 2.22. The molecule has 1 heterocycles. The zero-order valence-electron chi connectivity index (χ0n) is 11.6. The van der Waals surface area contributed by atoms with Gasteiger partial charge >= 0.3 is 5.97 Å². The average molecular weight is 281 g/mol. The van der Waals surface area contributed by atoms with Gasteiger partial charge in [-0.1, -0.05) is 24.3 Å². The molecule has 0 amide bonds. The average Bonchev–Trinajstić information content (AvgIpc) is 2.91. The summed E-state index contributed by atoms with van der Waals surface area (Å²) in [7, 11) is 2.03. The summed E-state index contributed by atoms with van der Waals surface area (Å²) >= 11 is 0. The van der Waals surface area contributed by atoms with Crippen molar-refractivity contribution in [2.45, 2.75) is 6.54 Å². The third-order valence-electron chi connectivity index (χ3n) is 3.41. The lowest BCUT2D eigenvalue weighted by molar-refractivity contribution is 0.0665. The fourth-order valence-corrected chi connectivity index (χ4v) is 2.34. The minimum absolute atomic E-state index is 0.0291. The predicted octanol–water partition coefficient (Wildman–Crippen LogP) is 3.77. The molecule has 0 fully saturated rings. The molecule has 0 aliphatic heterocycles. The monoisotopic (exact) mass is 281 g/mol. The summed E-state index contributed by atoms with van der Waals surface area (Å²) in [6.45, 7) is 0.744. The number of carboxylic acids is 1. The fraction of sp³-hybridized carbons (Fsp3) is 0.118. The van der Waals surface area contributed by atoms with E-state index in [0.717, 1.165) is 23.2 Å². The third-order valence-corrected chi connectivity index (χ3v) is 3.41. The maximum atomic E-state index is 10.9. The van der Waals surface area contributed by atoms with E-state index in [-0.39, 0.29) is 5.76 Å². The van der Waals surface area contributed by atoms with Crippen molar-refractivity contribution >= 4 is 22.6 Å². The van der Waals surface area contributed by atoms with Crippen molar-refractivity contribution in [3.8, 4) is 0 Å². The van der Waals surface area contributed by atoms with Crippen LogP contribution in [0.25, 0.3) is 11.0 Å². The number of anilines is 1. The Morgan fingerprint density at radius 2 is 1.90 bits per heavy atom. The summed E-state index contributed by atoms with van der Waals surface area (Å²) in [6.07, 6.45) is 0. The summed E-state index contributed by atoms with van der Waals surface area (Å²) in [5.74, 6) is -1.08. The second-order valence-electron chi connectivity index (χ2n) is 4.98. The van der Waals surface area contributed by atoms with E-state index in [0.29, 0.717) is 5.58 Å². The molecule has 4 nitrogen and oxygen atoms in total. The second-order valence-corrected chi connectivity index (χ2v) is 4.98. The topological polar surface area (TPSA) is 53.7 Å². The molecule has 0 bridgehead atoms. The van der Waals surface area contributed by atoms with Crippen LogP contribution in [-0.4, -0.2) is 18.1 Å². The number of rotatable bonds is 4. The van der Waals surface area contributed by atoms with Gasteiger partial charge in [0.25, 0.3) is 0 Å². The Morgan fingerprint density at radius 3 is 2.62 bits per heavy atom. The number of nitrogens with zero attached hydrogens (tertiary/aromatic N) is 1. The smallest absolute Gasteiger partial charge is 0.371 e. The molecule has 21 heavy (non-hydrogen) atoms. The Balaban J connectivity index is 1.86. The molecule has 0 aliphatic carbocycles. The molecule has 1 aromatic heterocycles. The molecule has 0 saturated carbocycles. The number of carboxylic acid groups (broad SMARTS) is 1. The number of fused-ring (bicyclic) bond motifs is 1. The van der Waals surface area contributed by atoms with Crippen molar-refractivity contribution in [3.05, 3.63) is 65.9 Å². The van der Waals surface area contributed by atoms with E-state index in [1.165, 1.54) is 0 Å². The zero-order valence-corrected chi connectivity index (χ0v) is 11.6. The van der Waals surface area contributed by atoms with Gasteiger partial charge < -0.3 is 14.4 Å². The molecule has 2 aromatic carbocycles. The normalized spacial score (nSPS) is 10.7. The Labute approximate surface area is 122 Å². The highest BCUT2D eigenvalue weighted by molar-refractivity contribution is 5.91. The van der Waals surface area contributed by atoms with Gasteiger partial charge in [-0.15, -0.1) is 0 Å². The van der Waals surface area contributed by atoms with Gasteiger partial charge in [-0.2, -0.15) is 0 Å². The fourth-order valence-electron chi connectivity index (χ4n) is 2.34. The van der Waals surface area contributed by atoms with E-state index >= 15 is 0 Å². The second kappa shape index (κ2) is 5.32. The molecular formula is C17H15NO3. The number of furan rings is 1. The van der Waals surface area contributed by atoms with Crippen LogP contribution >= 0.6 is 0 Å². The molecule has 106 valence electrons. The SMILES string of the molecule is CN(Cc1ccc2oc(C(=O)O)cc2c1)c1ccccc1. The van der Waals surface area contributed by atoms with Crippen LogP contribution in [0.1, 0.15) is 16.1 Å². The Kier molecular flexibility index (Phi) is 3.36. The van der Waals surface area contributed by atoms with Gasteiger partial charge in [0.2, 0.25) is 5.76 Å². The van der Waals surface area contributed by atoms with E-state index in [1.54, 1.807) is 6.07 Å². The van der Waals surface area contributed by atoms with Crippen molar-refractivity contribution in [2.24, 2.45) is 0 Å². The van der Waals surface area contributed by atoms with Gasteiger partial charge in [0.05, 0.1) is 0 Å². The summed E-state index contributed by atoms with van der Waals surface area (Å²) in [5, 5.41) is 9.76. The molecule has 0 aliphatic rings. The van der Waals surface area contributed by atoms with E-state index in [4.69, 9.17) is 9.52 Å². The number of carbonyl (C=O) groups is 1. The van der Waals surface area contributed by atoms with Crippen molar-refractivity contribution in [1.29, 1.82) is 0 Å². The first-order chi connectivity index (χ1) is 10.1. The number of aromatic carboxylic acids is 1. The van der Waals surface area contributed by atoms with Gasteiger partial charge in [0.1, 0.15) is 5.58 Å². The van der Waals surface area contributed by atoms with Crippen LogP contribution in [0.15, 0.2) is 59.0 Å². The van der Waals surface area contributed by atoms with E-state index in [2.05, 4.69) is 17.0 Å². The lowest BCUT2D eigenvalue weighted by Gasteiger charge is -2.19. The largest absolute Gasteiger partial charge is 0.475 e. The first-order valence-corrected chi connectivity index (χ1v) is 6.65. The molecule has 0 radical (unpaired) electrons. The molecule has 4 heteroatoms. The van der Waals surface area contributed by atoms with Gasteiger partial charge in [0.15, 0.2) is 0 Å². The Bertz CT molecular complexity index is 777. The molecular weight excluding hydrogens is 266 g/mol. The standard InChI is InChI=1S/C17H15NO3/c1-18(14-5-3-2-4-6-14)11-12-7-8-15-13(9-12)10-16(21-15)17(19)20/h2-10H,11H2,1H3,(H,19,20). The molecule has 0 saturated heterocycles. The van der Waals surface area contributed by atoms with Gasteiger partial charge in [-0.25, -0.2) is 4.79 Å². The summed E-state index contributed by atoms with van der Waals surface area (Å²) < 4.78 is 5.26. The van der Waals surface area contributed by atoms with E-state index in [9.17, 15) is 4.79 Å². The van der Waals surface area contributed by atoms with Gasteiger partial charge in [-0.05, 0) is 35.9 Å². The molecule has 3 rings (SSSR count).